The molecule has 3 aromatic heterocycles. The van der Waals surface area contributed by atoms with Gasteiger partial charge in [-0.1, -0.05) is 117 Å². The summed E-state index contributed by atoms with van der Waals surface area (Å²) in [7, 11) is 3.44. The van der Waals surface area contributed by atoms with Gasteiger partial charge in [0.05, 0.1) is 56.4 Å². The first kappa shape index (κ1) is 91.3. The number of hydrogen-bond donors (Lipinski definition) is 0. The monoisotopic (exact) mass is 1770 g/mol. The van der Waals surface area contributed by atoms with Crippen molar-refractivity contribution >= 4 is 90.5 Å². The van der Waals surface area contributed by atoms with Gasteiger partial charge in [0, 0.05) is 168 Å². The third-order valence-electron chi connectivity index (χ3n) is 27.7. The number of nitrogens with zero attached hydrogens (tertiary/aromatic N) is 21. The lowest BCUT2D eigenvalue weighted by Crippen LogP contribution is -2.56. The first-order valence-electron chi connectivity index (χ1n) is 46.9. The van der Waals surface area contributed by atoms with Gasteiger partial charge in [0.15, 0.2) is 0 Å². The molecule has 1 aliphatic carbocycles. The lowest BCUT2D eigenvalue weighted by molar-refractivity contribution is -0.129. The van der Waals surface area contributed by atoms with E-state index in [4.69, 9.17) is 63.8 Å². The quantitative estimate of drug-likeness (QED) is 0.0279. The number of amides is 4. The first-order chi connectivity index (χ1) is 63.9. The lowest BCUT2D eigenvalue weighted by atomic mass is 9.99. The summed E-state index contributed by atoms with van der Waals surface area (Å²) in [6, 6.07) is 39.9. The van der Waals surface area contributed by atoms with Crippen LogP contribution in [-0.4, -0.2) is 272 Å². The number of piperidine rings is 2. The van der Waals surface area contributed by atoms with Crippen LogP contribution in [0.1, 0.15) is 108 Å². The van der Waals surface area contributed by atoms with Crippen LogP contribution in [0.4, 0.5) is 34.5 Å². The van der Waals surface area contributed by atoms with Gasteiger partial charge in [0.2, 0.25) is 43.3 Å². The van der Waals surface area contributed by atoms with Crippen LogP contribution in [0.15, 0.2) is 147 Å². The summed E-state index contributed by atoms with van der Waals surface area (Å²) in [4.78, 5) is 116. The van der Waals surface area contributed by atoms with E-state index in [0.29, 0.717) is 104 Å². The first-order valence-corrected chi connectivity index (χ1v) is 46.9. The standard InChI is InChI=1S/C36H43N7O2.C35H43N7O2.C32H37N7O3/c1-4-33(44)43-18-17-42(23-29(43)21-37-3)35-30-14-16-41(32-11-6-10-27-9-5-8-25(2)34(27)32)24-31(30)38-36(39-35)45-19-7-15-40-22-26-12-13-28(40)20-26;1-4-32(43)42-21-20-41(24-28(42)23-36-3)34-29-15-19-40(31-14-9-13-27-12-8-11-26(2)33(27)31)25-30(29)37-35(38-34)44-22-10-18-39-16-6-5-7-17-39;1-6-28(40)39-17-16-38(20-24(39)19-33-3)31-25-13-15-37(27-12-8-11-23-10-7-9-22(2)30(23)27)21-26(25)34-32(35-31)42-18-14-29(41)36(4)5/h4-6,8-11,26,28-29H,1,7,12-24H2,2H3;4,8-9,11-14,28H,1,5-7,10,15-25H2,2H3;6-12,24H,1,13-21H2,2,4-5H3/t26-,28+,29-;28-;24-/m000/s1. The lowest BCUT2D eigenvalue weighted by Gasteiger charge is -2.41. The van der Waals surface area contributed by atoms with E-state index in [-0.39, 0.29) is 80.4 Å². The largest absolute Gasteiger partial charge is 0.463 e. The highest BCUT2D eigenvalue weighted by molar-refractivity contribution is 5.99. The number of anilines is 6. The minimum atomic E-state index is -0.270. The molecule has 8 aliphatic heterocycles. The number of carbonyl (C=O) groups excluding carboxylic acids is 4. The number of benzene rings is 6. The number of fused-ring (bicyclic) bond motifs is 8. The molecule has 11 heterocycles. The molecule has 9 aliphatic rings. The predicted octanol–water partition coefficient (Wildman–Crippen LogP) is 13.2. The van der Waals surface area contributed by atoms with Crippen LogP contribution in [0.2, 0.25) is 0 Å². The Balaban J connectivity index is 0.000000144. The maximum atomic E-state index is 12.6. The van der Waals surface area contributed by atoms with Gasteiger partial charge in [-0.2, -0.15) is 29.9 Å². The molecule has 28 heteroatoms. The zero-order valence-corrected chi connectivity index (χ0v) is 76.8. The zero-order chi connectivity index (χ0) is 91.2. The van der Waals surface area contributed by atoms with Gasteiger partial charge in [-0.05, 0) is 173 Å². The second-order valence-corrected chi connectivity index (χ2v) is 36.2. The molecular weight excluding hydrogens is 1640 g/mol. The van der Waals surface area contributed by atoms with Crippen LogP contribution < -0.4 is 43.6 Å². The fraction of sp³-hybridized carbons (Fsp3) is 0.466. The van der Waals surface area contributed by atoms with Crippen molar-refractivity contribution in [3.05, 3.63) is 232 Å². The van der Waals surface area contributed by atoms with Crippen molar-refractivity contribution in [2.75, 3.05) is 194 Å². The second kappa shape index (κ2) is 42.3. The Morgan fingerprint density at radius 1 is 0.435 bits per heavy atom. The number of aromatic nitrogens is 6. The smallest absolute Gasteiger partial charge is 0.318 e. The summed E-state index contributed by atoms with van der Waals surface area (Å²) in [5.74, 6) is 3.01. The van der Waals surface area contributed by atoms with Crippen molar-refractivity contribution in [3.8, 4) is 18.0 Å². The van der Waals surface area contributed by atoms with E-state index >= 15 is 0 Å². The van der Waals surface area contributed by atoms with Crippen LogP contribution in [0, 0.1) is 46.4 Å². The molecule has 6 fully saturated rings. The van der Waals surface area contributed by atoms with E-state index in [2.05, 4.69) is 203 Å². The average Bonchev–Trinajstić information content (AvgIpc) is 1.75. The number of carbonyl (C=O) groups is 4. The van der Waals surface area contributed by atoms with E-state index in [1.54, 1.807) is 28.8 Å². The Morgan fingerprint density at radius 3 is 1.15 bits per heavy atom. The van der Waals surface area contributed by atoms with E-state index in [1.165, 1.54) is 147 Å². The number of likely N-dealkylation sites (tertiary alicyclic amines) is 2. The van der Waals surface area contributed by atoms with Crippen LogP contribution >= 0.6 is 0 Å². The summed E-state index contributed by atoms with van der Waals surface area (Å²) >= 11 is 0. The summed E-state index contributed by atoms with van der Waals surface area (Å²) in [6.45, 7) is 57.1. The number of ether oxygens (including phenoxy) is 3. The molecule has 1 saturated carbocycles. The van der Waals surface area contributed by atoms with Crippen LogP contribution in [0.3, 0.4) is 0 Å². The van der Waals surface area contributed by atoms with Crippen molar-refractivity contribution in [2.45, 2.75) is 142 Å². The van der Waals surface area contributed by atoms with Gasteiger partial charge in [0.25, 0.3) is 0 Å². The molecule has 131 heavy (non-hydrogen) atoms. The number of hydrogen-bond acceptors (Lipinski definition) is 21. The molecule has 28 nitrogen and oxygen atoms in total. The number of aryl methyl sites for hydroxylation is 3. The van der Waals surface area contributed by atoms with Gasteiger partial charge in [-0.25, -0.2) is 19.7 Å². The van der Waals surface area contributed by atoms with Gasteiger partial charge < -0.3 is 82.6 Å². The third kappa shape index (κ3) is 20.8. The summed E-state index contributed by atoms with van der Waals surface area (Å²) in [5, 5.41) is 7.50. The molecule has 2 bridgehead atoms. The topological polar surface area (TPSA) is 225 Å². The van der Waals surface area contributed by atoms with E-state index < -0.39 is 0 Å². The normalized spacial score (nSPS) is 19.5. The Bertz CT molecular complexity index is 5820. The zero-order valence-electron chi connectivity index (χ0n) is 76.8. The maximum absolute atomic E-state index is 12.6. The summed E-state index contributed by atoms with van der Waals surface area (Å²) in [6.07, 6.45) is 16.5. The van der Waals surface area contributed by atoms with Crippen LogP contribution in [0.5, 0.6) is 18.0 Å². The minimum Gasteiger partial charge on any atom is -0.463 e. The van der Waals surface area contributed by atoms with E-state index in [0.717, 1.165) is 128 Å². The number of rotatable bonds is 26. The van der Waals surface area contributed by atoms with Crippen LogP contribution in [-0.2, 0) is 58.1 Å². The molecule has 0 unspecified atom stereocenters. The Labute approximate surface area is 770 Å². The summed E-state index contributed by atoms with van der Waals surface area (Å²) < 4.78 is 18.5. The Hall–Kier alpha value is -13.0. The van der Waals surface area contributed by atoms with Crippen molar-refractivity contribution in [3.63, 3.8) is 0 Å². The van der Waals surface area contributed by atoms with Crippen molar-refractivity contribution in [1.82, 2.24) is 59.3 Å². The molecule has 4 amide bonds. The highest BCUT2D eigenvalue weighted by Gasteiger charge is 2.41. The molecule has 0 N–H and O–H groups in total. The van der Waals surface area contributed by atoms with E-state index in [1.807, 2.05) is 0 Å². The molecule has 5 saturated heterocycles. The molecule has 18 rings (SSSR count). The molecule has 9 aromatic rings. The van der Waals surface area contributed by atoms with Crippen molar-refractivity contribution in [1.29, 1.82) is 0 Å². The predicted molar refractivity (Wildman–Crippen MR) is 517 cm³/mol. The molecule has 0 radical (unpaired) electrons. The molecular formula is C103H123N21O7. The fourth-order valence-electron chi connectivity index (χ4n) is 21.0. The Morgan fingerprint density at radius 2 is 0.802 bits per heavy atom. The molecule has 682 valence electrons. The SMILES string of the molecule is [C-]#[N+]C[C@H]1CN(c2nc(OCCC(=O)N(C)C)nc3c2CCN(c2cccc4cccc(C)c24)C3)CCN1C(=O)C=C.[C-]#[N+]C[C@H]1CN(c2nc(OCCCN3CCCCC3)nc3c2CCN(c2cccc4cccc(C)c24)C3)CCN1C(=O)C=C.[C-]#[N+]C[C@H]1CN(c2nc(OCCCN3C[C@H]4CC[C@@H]3C4)nc3c2CCN(c2cccc4cccc(C)c24)C3)CCN1C(=O)C=C. The molecule has 5 atom stereocenters. The molecule has 0 spiro atoms. The average molecular weight is 1770 g/mol. The maximum Gasteiger partial charge on any atom is 0.318 e. The highest BCUT2D eigenvalue weighted by Crippen LogP contribution is 2.42. The second-order valence-electron chi connectivity index (χ2n) is 36.2. The van der Waals surface area contributed by atoms with Gasteiger partial charge >= 0.3 is 18.0 Å². The van der Waals surface area contributed by atoms with Gasteiger partial charge in [-0.15, -0.1) is 0 Å². The van der Waals surface area contributed by atoms with Crippen molar-refractivity contribution < 1.29 is 33.4 Å². The summed E-state index contributed by atoms with van der Waals surface area (Å²) in [5.41, 5.74) is 13.6. The molecule has 6 aromatic carbocycles. The third-order valence-corrected chi connectivity index (χ3v) is 27.7. The minimum absolute atomic E-state index is 0.0318. The van der Waals surface area contributed by atoms with Crippen molar-refractivity contribution in [2.24, 2.45) is 5.92 Å². The van der Waals surface area contributed by atoms with E-state index in [9.17, 15) is 19.2 Å². The highest BCUT2D eigenvalue weighted by atomic mass is 16.5. The van der Waals surface area contributed by atoms with Crippen LogP contribution in [0.25, 0.3) is 46.9 Å². The van der Waals surface area contributed by atoms with Gasteiger partial charge in [-0.3, -0.25) is 24.1 Å². The fourth-order valence-corrected chi connectivity index (χ4v) is 21.0. The number of piperazine rings is 3. The van der Waals surface area contributed by atoms with Gasteiger partial charge in [0.1, 0.15) is 42.2 Å². The Kier molecular flexibility index (Phi) is 29.5.